The van der Waals surface area contributed by atoms with Crippen LogP contribution in [0, 0.1) is 0 Å². The molecular formula is C10H11Br2NOS. The van der Waals surface area contributed by atoms with Gasteiger partial charge in [-0.25, -0.2) is 4.98 Å². The molecule has 5 heteroatoms. The molecule has 2 heterocycles. The van der Waals surface area contributed by atoms with E-state index in [9.17, 15) is 0 Å². The summed E-state index contributed by atoms with van der Waals surface area (Å²) in [6, 6.07) is 2.02. The lowest BCUT2D eigenvalue weighted by Crippen LogP contribution is -2.07. The highest BCUT2D eigenvalue weighted by molar-refractivity contribution is 9.11. The van der Waals surface area contributed by atoms with Crippen molar-refractivity contribution in [2.75, 3.05) is 12.4 Å². The van der Waals surface area contributed by atoms with E-state index in [1.807, 2.05) is 12.3 Å². The molecule has 0 spiro atoms. The molecule has 1 saturated heterocycles. The van der Waals surface area contributed by atoms with Crippen LogP contribution in [0.2, 0.25) is 0 Å². The third-order valence-corrected chi connectivity index (χ3v) is 4.64. The molecule has 15 heavy (non-hydrogen) atoms. The Balaban J connectivity index is 1.92. The van der Waals surface area contributed by atoms with Crippen LogP contribution in [-0.2, 0) is 4.74 Å². The summed E-state index contributed by atoms with van der Waals surface area (Å²) in [7, 11) is 0. The summed E-state index contributed by atoms with van der Waals surface area (Å²) in [6.45, 7) is 0.917. The number of ether oxygens (including phenoxy) is 1. The van der Waals surface area contributed by atoms with Crippen LogP contribution in [0.5, 0.6) is 0 Å². The minimum Gasteiger partial charge on any atom is -0.377 e. The van der Waals surface area contributed by atoms with E-state index in [0.717, 1.165) is 26.3 Å². The van der Waals surface area contributed by atoms with E-state index in [1.165, 1.54) is 12.8 Å². The summed E-state index contributed by atoms with van der Waals surface area (Å²) in [5.41, 5.74) is 0. The Morgan fingerprint density at radius 2 is 2.40 bits per heavy atom. The fourth-order valence-corrected chi connectivity index (χ4v) is 3.72. The van der Waals surface area contributed by atoms with E-state index in [-0.39, 0.29) is 0 Å². The minimum absolute atomic E-state index is 0.410. The van der Waals surface area contributed by atoms with E-state index in [4.69, 9.17) is 4.74 Å². The molecule has 1 atom stereocenters. The zero-order valence-electron chi connectivity index (χ0n) is 8.08. The molecule has 0 aliphatic carbocycles. The monoisotopic (exact) mass is 351 g/mol. The summed E-state index contributed by atoms with van der Waals surface area (Å²) < 4.78 is 7.60. The zero-order valence-corrected chi connectivity index (χ0v) is 12.1. The second-order valence-corrected chi connectivity index (χ2v) is 6.17. The van der Waals surface area contributed by atoms with E-state index >= 15 is 0 Å². The van der Waals surface area contributed by atoms with Crippen LogP contribution in [0.4, 0.5) is 0 Å². The highest BCUT2D eigenvalue weighted by Gasteiger charge is 2.16. The zero-order chi connectivity index (χ0) is 10.7. The molecule has 0 aromatic carbocycles. The third kappa shape index (κ3) is 3.44. The highest BCUT2D eigenvalue weighted by atomic mass is 79.9. The number of aromatic nitrogens is 1. The van der Waals surface area contributed by atoms with Crippen molar-refractivity contribution in [1.29, 1.82) is 0 Å². The summed E-state index contributed by atoms with van der Waals surface area (Å²) in [5, 5.41) is 1.04. The maximum atomic E-state index is 5.57. The van der Waals surface area contributed by atoms with Crippen molar-refractivity contribution < 1.29 is 4.74 Å². The first-order chi connectivity index (χ1) is 7.25. The SMILES string of the molecule is Brc1cnc(SCC2CCCO2)c(Br)c1. The normalized spacial score (nSPS) is 20.8. The van der Waals surface area contributed by atoms with Gasteiger partial charge in [-0.05, 0) is 50.8 Å². The lowest BCUT2D eigenvalue weighted by atomic mass is 10.3. The van der Waals surface area contributed by atoms with Gasteiger partial charge < -0.3 is 4.74 Å². The quantitative estimate of drug-likeness (QED) is 0.771. The van der Waals surface area contributed by atoms with Gasteiger partial charge in [0.05, 0.1) is 10.6 Å². The Hall–Kier alpha value is 0.420. The van der Waals surface area contributed by atoms with Crippen molar-refractivity contribution in [3.05, 3.63) is 21.2 Å². The molecule has 0 bridgehead atoms. The van der Waals surface area contributed by atoms with E-state index in [0.29, 0.717) is 6.10 Å². The van der Waals surface area contributed by atoms with Gasteiger partial charge in [0, 0.05) is 23.0 Å². The van der Waals surface area contributed by atoms with Crippen LogP contribution >= 0.6 is 43.6 Å². The van der Waals surface area contributed by atoms with Crippen molar-refractivity contribution in [2.45, 2.75) is 24.0 Å². The topological polar surface area (TPSA) is 22.1 Å². The van der Waals surface area contributed by atoms with Gasteiger partial charge in [-0.1, -0.05) is 0 Å². The molecule has 1 fully saturated rings. The van der Waals surface area contributed by atoms with Crippen LogP contribution < -0.4 is 0 Å². The molecule has 0 N–H and O–H groups in total. The Labute approximate surface area is 110 Å². The van der Waals surface area contributed by atoms with Crippen LogP contribution in [0.3, 0.4) is 0 Å². The average Bonchev–Trinajstić information content (AvgIpc) is 2.69. The number of pyridine rings is 1. The predicted octanol–water partition coefficient (Wildman–Crippen LogP) is 3.88. The second kappa shape index (κ2) is 5.66. The van der Waals surface area contributed by atoms with E-state index in [2.05, 4.69) is 36.8 Å². The van der Waals surface area contributed by atoms with Gasteiger partial charge in [-0.2, -0.15) is 0 Å². The second-order valence-electron chi connectivity index (χ2n) is 3.39. The molecule has 1 aliphatic heterocycles. The van der Waals surface area contributed by atoms with Crippen molar-refractivity contribution in [3.8, 4) is 0 Å². The molecule has 1 aromatic heterocycles. The van der Waals surface area contributed by atoms with E-state index < -0.39 is 0 Å². The Kier molecular flexibility index (Phi) is 4.49. The summed E-state index contributed by atoms with van der Waals surface area (Å²) >= 11 is 8.64. The number of hydrogen-bond donors (Lipinski definition) is 0. The van der Waals surface area contributed by atoms with Gasteiger partial charge in [0.15, 0.2) is 0 Å². The lowest BCUT2D eigenvalue weighted by molar-refractivity contribution is 0.129. The van der Waals surface area contributed by atoms with Crippen molar-refractivity contribution in [3.63, 3.8) is 0 Å². The van der Waals surface area contributed by atoms with Crippen molar-refractivity contribution >= 4 is 43.6 Å². The molecule has 1 unspecified atom stereocenters. The molecule has 2 nitrogen and oxygen atoms in total. The van der Waals surface area contributed by atoms with E-state index in [1.54, 1.807) is 11.8 Å². The molecule has 0 saturated carbocycles. The van der Waals surface area contributed by atoms with Crippen LogP contribution in [0.25, 0.3) is 0 Å². The predicted molar refractivity (Wildman–Crippen MR) is 69.3 cm³/mol. The van der Waals surface area contributed by atoms with Crippen LogP contribution in [0.15, 0.2) is 26.2 Å². The third-order valence-electron chi connectivity index (χ3n) is 2.20. The van der Waals surface area contributed by atoms with Gasteiger partial charge in [0.25, 0.3) is 0 Å². The Bertz CT molecular complexity index is 342. The molecule has 1 aromatic rings. The molecule has 2 rings (SSSR count). The number of rotatable bonds is 3. The smallest absolute Gasteiger partial charge is 0.110 e. The molecule has 1 aliphatic rings. The van der Waals surface area contributed by atoms with Crippen molar-refractivity contribution in [2.24, 2.45) is 0 Å². The number of hydrogen-bond acceptors (Lipinski definition) is 3. The van der Waals surface area contributed by atoms with Gasteiger partial charge in [-0.15, -0.1) is 11.8 Å². The molecule has 0 radical (unpaired) electrons. The molecule has 82 valence electrons. The van der Waals surface area contributed by atoms with Gasteiger partial charge in [0.2, 0.25) is 0 Å². The van der Waals surface area contributed by atoms with Gasteiger partial charge in [0.1, 0.15) is 5.03 Å². The standard InChI is InChI=1S/C10H11Br2NOS/c11-7-4-9(12)10(13-5-7)15-6-8-2-1-3-14-8/h4-5,8H,1-3,6H2. The first-order valence-electron chi connectivity index (χ1n) is 4.81. The Morgan fingerprint density at radius 3 is 3.07 bits per heavy atom. The van der Waals surface area contributed by atoms with Crippen molar-refractivity contribution in [1.82, 2.24) is 4.98 Å². The maximum Gasteiger partial charge on any atom is 0.110 e. The molecule has 0 amide bonds. The summed E-state index contributed by atoms with van der Waals surface area (Å²) in [4.78, 5) is 4.35. The largest absolute Gasteiger partial charge is 0.377 e. The first-order valence-corrected chi connectivity index (χ1v) is 7.38. The average molecular weight is 353 g/mol. The molecular weight excluding hydrogens is 342 g/mol. The number of nitrogens with zero attached hydrogens (tertiary/aromatic N) is 1. The van der Waals surface area contributed by atoms with Crippen LogP contribution in [-0.4, -0.2) is 23.4 Å². The fourth-order valence-electron chi connectivity index (χ4n) is 1.46. The number of thioether (sulfide) groups is 1. The maximum absolute atomic E-state index is 5.57. The lowest BCUT2D eigenvalue weighted by Gasteiger charge is -2.08. The first kappa shape index (κ1) is 11.9. The van der Waals surface area contributed by atoms with Gasteiger partial charge >= 0.3 is 0 Å². The van der Waals surface area contributed by atoms with Crippen LogP contribution in [0.1, 0.15) is 12.8 Å². The summed E-state index contributed by atoms with van der Waals surface area (Å²) in [6.07, 6.45) is 4.61. The Morgan fingerprint density at radius 1 is 1.53 bits per heavy atom. The van der Waals surface area contributed by atoms with Gasteiger partial charge in [-0.3, -0.25) is 0 Å². The number of halogens is 2. The summed E-state index contributed by atoms with van der Waals surface area (Å²) in [5.74, 6) is 0.993. The fraction of sp³-hybridized carbons (Fsp3) is 0.500. The highest BCUT2D eigenvalue weighted by Crippen LogP contribution is 2.29. The minimum atomic E-state index is 0.410.